The standard InChI is InChI=1S/C18H16O5/c1-2-22-15-9-6-13(7-10-15)8-11-17(19)23-16-5-3-4-14(12-16)18(20)21/h3-12H,2H2,1H3,(H,20,21)/b11-8+. The average Bonchev–Trinajstić information content (AvgIpc) is 2.55. The highest BCUT2D eigenvalue weighted by Crippen LogP contribution is 2.15. The molecule has 118 valence electrons. The van der Waals surface area contributed by atoms with Gasteiger partial charge in [-0.1, -0.05) is 18.2 Å². The van der Waals surface area contributed by atoms with Crippen molar-refractivity contribution in [1.29, 1.82) is 0 Å². The van der Waals surface area contributed by atoms with Gasteiger partial charge in [-0.25, -0.2) is 9.59 Å². The predicted octanol–water partition coefficient (Wildman–Crippen LogP) is 3.40. The molecule has 5 heteroatoms. The van der Waals surface area contributed by atoms with Crippen molar-refractivity contribution >= 4 is 18.0 Å². The fourth-order valence-corrected chi connectivity index (χ4v) is 1.85. The fourth-order valence-electron chi connectivity index (χ4n) is 1.85. The van der Waals surface area contributed by atoms with Crippen LogP contribution in [0.5, 0.6) is 11.5 Å². The Morgan fingerprint density at radius 3 is 2.48 bits per heavy atom. The number of carbonyl (C=O) groups is 2. The number of aromatic carboxylic acids is 1. The van der Waals surface area contributed by atoms with Crippen molar-refractivity contribution in [2.24, 2.45) is 0 Å². The minimum absolute atomic E-state index is 0.0609. The van der Waals surface area contributed by atoms with Gasteiger partial charge in [-0.05, 0) is 48.9 Å². The number of esters is 1. The van der Waals surface area contributed by atoms with Gasteiger partial charge in [0.05, 0.1) is 12.2 Å². The number of ether oxygens (including phenoxy) is 2. The highest BCUT2D eigenvalue weighted by Gasteiger charge is 2.06. The first-order valence-corrected chi connectivity index (χ1v) is 7.04. The third-order valence-electron chi connectivity index (χ3n) is 2.90. The summed E-state index contributed by atoms with van der Waals surface area (Å²) in [6, 6.07) is 13.0. The molecule has 5 nitrogen and oxygen atoms in total. The number of rotatable bonds is 6. The van der Waals surface area contributed by atoms with Crippen LogP contribution in [0, 0.1) is 0 Å². The highest BCUT2D eigenvalue weighted by molar-refractivity contribution is 5.90. The van der Waals surface area contributed by atoms with Crippen molar-refractivity contribution < 1.29 is 24.2 Å². The van der Waals surface area contributed by atoms with E-state index in [9.17, 15) is 9.59 Å². The number of carboxylic acid groups (broad SMARTS) is 1. The van der Waals surface area contributed by atoms with E-state index in [1.165, 1.54) is 30.3 Å². The summed E-state index contributed by atoms with van der Waals surface area (Å²) >= 11 is 0. The van der Waals surface area contributed by atoms with Gasteiger partial charge in [0.25, 0.3) is 0 Å². The summed E-state index contributed by atoms with van der Waals surface area (Å²) in [6.07, 6.45) is 2.89. The van der Waals surface area contributed by atoms with E-state index in [-0.39, 0.29) is 11.3 Å². The molecule has 2 rings (SSSR count). The maximum absolute atomic E-state index is 11.8. The SMILES string of the molecule is CCOc1ccc(/C=C/C(=O)Oc2cccc(C(=O)O)c2)cc1. The third-order valence-corrected chi connectivity index (χ3v) is 2.90. The Morgan fingerprint density at radius 1 is 1.09 bits per heavy atom. The van der Waals surface area contributed by atoms with Crippen LogP contribution in [-0.2, 0) is 4.79 Å². The van der Waals surface area contributed by atoms with Crippen LogP contribution in [0.3, 0.4) is 0 Å². The number of benzene rings is 2. The van der Waals surface area contributed by atoms with Crippen molar-refractivity contribution in [2.45, 2.75) is 6.92 Å². The average molecular weight is 312 g/mol. The summed E-state index contributed by atoms with van der Waals surface area (Å²) in [4.78, 5) is 22.6. The van der Waals surface area contributed by atoms with Crippen LogP contribution in [0.2, 0.25) is 0 Å². The fraction of sp³-hybridized carbons (Fsp3) is 0.111. The molecule has 0 radical (unpaired) electrons. The van der Waals surface area contributed by atoms with E-state index < -0.39 is 11.9 Å². The molecule has 1 N–H and O–H groups in total. The van der Waals surface area contributed by atoms with Crippen LogP contribution in [0.25, 0.3) is 6.08 Å². The van der Waals surface area contributed by atoms with E-state index in [0.29, 0.717) is 6.61 Å². The summed E-state index contributed by atoms with van der Waals surface area (Å²) in [5, 5.41) is 8.89. The Hall–Kier alpha value is -3.08. The predicted molar refractivity (Wildman–Crippen MR) is 85.7 cm³/mol. The zero-order valence-corrected chi connectivity index (χ0v) is 12.6. The summed E-state index contributed by atoms with van der Waals surface area (Å²) in [5.41, 5.74) is 0.885. The molecular formula is C18H16O5. The molecule has 0 spiro atoms. The molecule has 0 aliphatic carbocycles. The Morgan fingerprint density at radius 2 is 1.83 bits per heavy atom. The molecule has 0 aliphatic rings. The van der Waals surface area contributed by atoms with E-state index in [1.54, 1.807) is 6.08 Å². The zero-order chi connectivity index (χ0) is 16.7. The van der Waals surface area contributed by atoms with Crippen molar-refractivity contribution in [3.05, 3.63) is 65.7 Å². The Labute approximate surface area is 133 Å². The van der Waals surface area contributed by atoms with Gasteiger partial charge in [-0.15, -0.1) is 0 Å². The monoisotopic (exact) mass is 312 g/mol. The lowest BCUT2D eigenvalue weighted by Crippen LogP contribution is -2.05. The molecule has 0 aliphatic heterocycles. The summed E-state index contributed by atoms with van der Waals surface area (Å²) in [7, 11) is 0. The first-order valence-electron chi connectivity index (χ1n) is 7.04. The van der Waals surface area contributed by atoms with Gasteiger partial charge in [-0.3, -0.25) is 0 Å². The lowest BCUT2D eigenvalue weighted by molar-refractivity contribution is -0.128. The summed E-state index contributed by atoms with van der Waals surface area (Å²) in [5.74, 6) is -0.710. The lowest BCUT2D eigenvalue weighted by atomic mass is 10.2. The van der Waals surface area contributed by atoms with Crippen LogP contribution in [-0.4, -0.2) is 23.7 Å². The van der Waals surface area contributed by atoms with Gasteiger partial charge >= 0.3 is 11.9 Å². The van der Waals surface area contributed by atoms with Gasteiger partial charge in [0.2, 0.25) is 0 Å². The van der Waals surface area contributed by atoms with Crippen molar-refractivity contribution in [3.8, 4) is 11.5 Å². The molecule has 0 unspecified atom stereocenters. The van der Waals surface area contributed by atoms with E-state index >= 15 is 0 Å². The Kier molecular flexibility index (Phi) is 5.52. The maximum atomic E-state index is 11.8. The van der Waals surface area contributed by atoms with Crippen molar-refractivity contribution in [3.63, 3.8) is 0 Å². The highest BCUT2D eigenvalue weighted by atomic mass is 16.5. The number of carboxylic acids is 1. The van der Waals surface area contributed by atoms with E-state index in [0.717, 1.165) is 11.3 Å². The second-order valence-corrected chi connectivity index (χ2v) is 4.59. The smallest absolute Gasteiger partial charge is 0.336 e. The molecule has 0 bridgehead atoms. The van der Waals surface area contributed by atoms with Crippen LogP contribution in [0.1, 0.15) is 22.8 Å². The molecule has 2 aromatic carbocycles. The molecule has 23 heavy (non-hydrogen) atoms. The molecule has 0 amide bonds. The van der Waals surface area contributed by atoms with E-state index in [4.69, 9.17) is 14.6 Å². The van der Waals surface area contributed by atoms with E-state index in [2.05, 4.69) is 0 Å². The van der Waals surface area contributed by atoms with Gasteiger partial charge in [-0.2, -0.15) is 0 Å². The Balaban J connectivity index is 1.98. The minimum atomic E-state index is -1.08. The van der Waals surface area contributed by atoms with Crippen LogP contribution < -0.4 is 9.47 Å². The normalized spacial score (nSPS) is 10.5. The maximum Gasteiger partial charge on any atom is 0.336 e. The van der Waals surface area contributed by atoms with Gasteiger partial charge in [0.1, 0.15) is 11.5 Å². The van der Waals surface area contributed by atoms with Crippen LogP contribution in [0.4, 0.5) is 0 Å². The largest absolute Gasteiger partial charge is 0.494 e. The van der Waals surface area contributed by atoms with E-state index in [1.807, 2.05) is 31.2 Å². The van der Waals surface area contributed by atoms with Crippen molar-refractivity contribution in [1.82, 2.24) is 0 Å². The quantitative estimate of drug-likeness (QED) is 0.503. The molecule has 0 atom stereocenters. The van der Waals surface area contributed by atoms with Gasteiger partial charge in [0, 0.05) is 6.08 Å². The molecule has 0 saturated heterocycles. The summed E-state index contributed by atoms with van der Waals surface area (Å²) in [6.45, 7) is 2.50. The van der Waals surface area contributed by atoms with Crippen molar-refractivity contribution in [2.75, 3.05) is 6.61 Å². The zero-order valence-electron chi connectivity index (χ0n) is 12.6. The van der Waals surface area contributed by atoms with Crippen LogP contribution >= 0.6 is 0 Å². The number of hydrogen-bond donors (Lipinski definition) is 1. The molecule has 0 heterocycles. The first kappa shape index (κ1) is 16.3. The molecule has 0 fully saturated rings. The minimum Gasteiger partial charge on any atom is -0.494 e. The number of hydrogen-bond acceptors (Lipinski definition) is 4. The van der Waals surface area contributed by atoms with Gasteiger partial charge < -0.3 is 14.6 Å². The first-order chi connectivity index (χ1) is 11.1. The topological polar surface area (TPSA) is 72.8 Å². The molecular weight excluding hydrogens is 296 g/mol. The molecule has 2 aromatic rings. The third kappa shape index (κ3) is 5.00. The molecule has 0 aromatic heterocycles. The second kappa shape index (κ2) is 7.79. The second-order valence-electron chi connectivity index (χ2n) is 4.59. The Bertz CT molecular complexity index is 716. The van der Waals surface area contributed by atoms with Crippen LogP contribution in [0.15, 0.2) is 54.6 Å². The molecule has 0 saturated carbocycles. The number of carbonyl (C=O) groups excluding carboxylic acids is 1. The summed E-state index contributed by atoms with van der Waals surface area (Å²) < 4.78 is 10.4. The lowest BCUT2D eigenvalue weighted by Gasteiger charge is -2.03. The van der Waals surface area contributed by atoms with Gasteiger partial charge in [0.15, 0.2) is 0 Å².